The topological polar surface area (TPSA) is 54.9 Å². The number of hydrogen-bond donors (Lipinski definition) is 1. The zero-order chi connectivity index (χ0) is 14.0. The van der Waals surface area contributed by atoms with Crippen LogP contribution in [0.15, 0.2) is 24.4 Å². The number of amides is 1. The quantitative estimate of drug-likeness (QED) is 0.856. The molecule has 0 saturated heterocycles. The molecule has 2 heterocycles. The van der Waals surface area contributed by atoms with Crippen molar-refractivity contribution in [2.45, 2.75) is 33.2 Å². The molecule has 0 spiro atoms. The lowest BCUT2D eigenvalue weighted by molar-refractivity contribution is -0.111. The van der Waals surface area contributed by atoms with Gasteiger partial charge >= 0.3 is 0 Å². The van der Waals surface area contributed by atoms with Crippen molar-refractivity contribution in [1.29, 1.82) is 0 Å². The molecule has 0 aliphatic rings. The van der Waals surface area contributed by atoms with Gasteiger partial charge in [0.05, 0.1) is 11.2 Å². The molecule has 2 rings (SSSR count). The number of aromatic nitrogens is 2. The van der Waals surface area contributed by atoms with Gasteiger partial charge in [0.15, 0.2) is 5.65 Å². The van der Waals surface area contributed by atoms with Gasteiger partial charge in [-0.25, -0.2) is 9.97 Å². The fourth-order valence-electron chi connectivity index (χ4n) is 2.27. The summed E-state index contributed by atoms with van der Waals surface area (Å²) in [4.78, 5) is 19.9. The molecule has 0 bridgehead atoms. The Morgan fingerprint density at radius 1 is 1.42 bits per heavy atom. The Kier molecular flexibility index (Phi) is 3.51. The zero-order valence-electron chi connectivity index (χ0n) is 11.8. The highest BCUT2D eigenvalue weighted by Crippen LogP contribution is 2.31. The SMILES string of the molecule is Cc1cc2cccnc2nc1C(C)(NC=O)C(C)C. The molecule has 0 radical (unpaired) electrons. The van der Waals surface area contributed by atoms with Gasteiger partial charge in [0, 0.05) is 11.6 Å². The van der Waals surface area contributed by atoms with E-state index in [4.69, 9.17) is 0 Å². The highest BCUT2D eigenvalue weighted by atomic mass is 16.1. The Morgan fingerprint density at radius 2 is 2.16 bits per heavy atom. The number of aryl methyl sites for hydroxylation is 1. The second-order valence-electron chi connectivity index (χ2n) is 5.32. The molecule has 2 aromatic rings. The van der Waals surface area contributed by atoms with Gasteiger partial charge < -0.3 is 5.32 Å². The molecule has 1 atom stereocenters. The number of carbonyl (C=O) groups excluding carboxylic acids is 1. The molecule has 0 saturated carbocycles. The summed E-state index contributed by atoms with van der Waals surface area (Å²) in [6, 6.07) is 5.96. The minimum absolute atomic E-state index is 0.227. The Hall–Kier alpha value is -1.97. The Bertz CT molecular complexity index is 609. The van der Waals surface area contributed by atoms with Gasteiger partial charge in [-0.05, 0) is 43.5 Å². The van der Waals surface area contributed by atoms with Crippen LogP contribution in [0.5, 0.6) is 0 Å². The number of pyridine rings is 2. The molecule has 4 nitrogen and oxygen atoms in total. The molecule has 0 aliphatic heterocycles. The molecule has 19 heavy (non-hydrogen) atoms. The van der Waals surface area contributed by atoms with Crippen LogP contribution in [0.4, 0.5) is 0 Å². The number of nitrogens with one attached hydrogen (secondary N) is 1. The van der Waals surface area contributed by atoms with Crippen LogP contribution in [0, 0.1) is 12.8 Å². The molecule has 0 aliphatic carbocycles. The van der Waals surface area contributed by atoms with E-state index in [1.54, 1.807) is 6.20 Å². The van der Waals surface area contributed by atoms with Crippen molar-refractivity contribution in [2.75, 3.05) is 0 Å². The van der Waals surface area contributed by atoms with E-state index < -0.39 is 5.54 Å². The first-order chi connectivity index (χ1) is 8.99. The van der Waals surface area contributed by atoms with Gasteiger partial charge in [0.1, 0.15) is 0 Å². The summed E-state index contributed by atoms with van der Waals surface area (Å²) in [6.07, 6.45) is 2.47. The first-order valence-corrected chi connectivity index (χ1v) is 6.43. The standard InChI is InChI=1S/C15H19N3O/c1-10(2)15(4,17-9-19)13-11(3)8-12-6-5-7-16-14(12)18-13/h5-10H,1-4H3,(H,17,19). The fourth-order valence-corrected chi connectivity index (χ4v) is 2.27. The zero-order valence-corrected chi connectivity index (χ0v) is 11.8. The van der Waals surface area contributed by atoms with Crippen LogP contribution in [-0.2, 0) is 10.3 Å². The minimum Gasteiger partial charge on any atom is -0.348 e. The minimum atomic E-state index is -0.489. The Balaban J connectivity index is 2.66. The molecular formula is C15H19N3O. The van der Waals surface area contributed by atoms with Gasteiger partial charge in [-0.3, -0.25) is 4.79 Å². The van der Waals surface area contributed by atoms with Gasteiger partial charge in [0.25, 0.3) is 0 Å². The van der Waals surface area contributed by atoms with Crippen LogP contribution >= 0.6 is 0 Å². The summed E-state index contributed by atoms with van der Waals surface area (Å²) in [6.45, 7) is 8.15. The van der Waals surface area contributed by atoms with Crippen molar-refractivity contribution >= 4 is 17.4 Å². The Morgan fingerprint density at radius 3 is 2.79 bits per heavy atom. The number of hydrogen-bond acceptors (Lipinski definition) is 3. The van der Waals surface area contributed by atoms with Crippen molar-refractivity contribution in [3.63, 3.8) is 0 Å². The third-order valence-electron chi connectivity index (χ3n) is 3.79. The van der Waals surface area contributed by atoms with E-state index in [9.17, 15) is 4.79 Å². The van der Waals surface area contributed by atoms with E-state index in [0.29, 0.717) is 5.65 Å². The lowest BCUT2D eigenvalue weighted by atomic mass is 9.83. The summed E-state index contributed by atoms with van der Waals surface area (Å²) < 4.78 is 0. The molecule has 100 valence electrons. The molecule has 4 heteroatoms. The number of carbonyl (C=O) groups is 1. The van der Waals surface area contributed by atoms with Crippen LogP contribution in [0.25, 0.3) is 11.0 Å². The van der Waals surface area contributed by atoms with Crippen LogP contribution < -0.4 is 5.32 Å². The lowest BCUT2D eigenvalue weighted by Gasteiger charge is -2.34. The summed E-state index contributed by atoms with van der Waals surface area (Å²) in [5.41, 5.74) is 2.16. The molecular weight excluding hydrogens is 238 g/mol. The molecule has 2 aromatic heterocycles. The van der Waals surface area contributed by atoms with Gasteiger partial charge in [-0.2, -0.15) is 0 Å². The second-order valence-corrected chi connectivity index (χ2v) is 5.32. The van der Waals surface area contributed by atoms with Crippen LogP contribution in [0.1, 0.15) is 32.0 Å². The molecule has 1 unspecified atom stereocenters. The monoisotopic (exact) mass is 257 g/mol. The predicted octanol–water partition coefficient (Wildman–Crippen LogP) is 2.56. The summed E-state index contributed by atoms with van der Waals surface area (Å²) in [7, 11) is 0. The lowest BCUT2D eigenvalue weighted by Crippen LogP contribution is -2.44. The largest absolute Gasteiger partial charge is 0.348 e. The first kappa shape index (κ1) is 13.5. The van der Waals surface area contributed by atoms with Crippen molar-refractivity contribution in [3.8, 4) is 0 Å². The average molecular weight is 257 g/mol. The van der Waals surface area contributed by atoms with Gasteiger partial charge in [0.2, 0.25) is 6.41 Å². The summed E-state index contributed by atoms with van der Waals surface area (Å²) >= 11 is 0. The van der Waals surface area contributed by atoms with E-state index in [0.717, 1.165) is 23.1 Å². The normalized spacial score (nSPS) is 14.4. The molecule has 0 aromatic carbocycles. The van der Waals surface area contributed by atoms with Gasteiger partial charge in [-0.1, -0.05) is 13.8 Å². The van der Waals surface area contributed by atoms with Crippen LogP contribution in [0.2, 0.25) is 0 Å². The maximum Gasteiger partial charge on any atom is 0.207 e. The Labute approximate surface area is 113 Å². The van der Waals surface area contributed by atoms with E-state index in [1.165, 1.54) is 0 Å². The highest BCUT2D eigenvalue weighted by Gasteiger charge is 2.33. The molecule has 1 N–H and O–H groups in total. The van der Waals surface area contributed by atoms with E-state index in [1.807, 2.05) is 26.0 Å². The highest BCUT2D eigenvalue weighted by molar-refractivity contribution is 5.75. The average Bonchev–Trinajstić information content (AvgIpc) is 2.37. The van der Waals surface area contributed by atoms with Crippen molar-refractivity contribution in [3.05, 3.63) is 35.7 Å². The van der Waals surface area contributed by atoms with Gasteiger partial charge in [-0.15, -0.1) is 0 Å². The van der Waals surface area contributed by atoms with Crippen LogP contribution in [0.3, 0.4) is 0 Å². The van der Waals surface area contributed by atoms with Crippen molar-refractivity contribution in [1.82, 2.24) is 15.3 Å². The maximum atomic E-state index is 10.9. The van der Waals surface area contributed by atoms with E-state index >= 15 is 0 Å². The predicted molar refractivity (Wildman–Crippen MR) is 75.7 cm³/mol. The van der Waals surface area contributed by atoms with E-state index in [-0.39, 0.29) is 5.92 Å². The summed E-state index contributed by atoms with van der Waals surface area (Å²) in [5, 5.41) is 3.92. The number of fused-ring (bicyclic) bond motifs is 1. The first-order valence-electron chi connectivity index (χ1n) is 6.43. The third kappa shape index (κ3) is 2.30. The van der Waals surface area contributed by atoms with Crippen molar-refractivity contribution < 1.29 is 4.79 Å². The van der Waals surface area contributed by atoms with Crippen LogP contribution in [-0.4, -0.2) is 16.4 Å². The fraction of sp³-hybridized carbons (Fsp3) is 0.400. The molecule has 1 amide bonds. The number of rotatable bonds is 4. The summed E-state index contributed by atoms with van der Waals surface area (Å²) in [5.74, 6) is 0.227. The maximum absolute atomic E-state index is 10.9. The van der Waals surface area contributed by atoms with Crippen molar-refractivity contribution in [2.24, 2.45) is 5.92 Å². The van der Waals surface area contributed by atoms with E-state index in [2.05, 4.69) is 35.2 Å². The number of nitrogens with zero attached hydrogens (tertiary/aromatic N) is 2. The second kappa shape index (κ2) is 4.96. The molecule has 0 fully saturated rings. The third-order valence-corrected chi connectivity index (χ3v) is 3.79. The smallest absolute Gasteiger partial charge is 0.207 e.